The van der Waals surface area contributed by atoms with Crippen LogP contribution in [-0.2, 0) is 19.8 Å². The van der Waals surface area contributed by atoms with Crippen LogP contribution in [0.25, 0.3) is 0 Å². The van der Waals surface area contributed by atoms with Crippen LogP contribution in [0, 0.1) is 13.8 Å². The van der Waals surface area contributed by atoms with Gasteiger partial charge in [0, 0.05) is 51.0 Å². The van der Waals surface area contributed by atoms with Gasteiger partial charge in [-0.1, -0.05) is 12.1 Å². The van der Waals surface area contributed by atoms with E-state index in [1.807, 2.05) is 23.6 Å². The summed E-state index contributed by atoms with van der Waals surface area (Å²) in [6.07, 6.45) is -4.42. The van der Waals surface area contributed by atoms with Gasteiger partial charge in [-0.05, 0) is 38.2 Å². The van der Waals surface area contributed by atoms with E-state index in [0.29, 0.717) is 18.2 Å². The molecule has 1 aromatic carbocycles. The van der Waals surface area contributed by atoms with Crippen LogP contribution in [0.2, 0.25) is 0 Å². The summed E-state index contributed by atoms with van der Waals surface area (Å²) < 4.78 is 41.4. The summed E-state index contributed by atoms with van der Waals surface area (Å²) in [6.45, 7) is 7.79. The lowest BCUT2D eigenvalue weighted by Gasteiger charge is -2.36. The molecular weight excluding hydrogens is 387 g/mol. The van der Waals surface area contributed by atoms with Crippen LogP contribution in [0.15, 0.2) is 24.3 Å². The standard InChI is InChI=1S/C19H24F3N5S/c1-13-15(14(2)25(3)24-13)12-26-8-10-27(11-9-26)18(28)23-17-7-5-4-6-16(17)19(20,21)22/h4-7H,8-12H2,1-3H3,(H,23,28). The van der Waals surface area contributed by atoms with Gasteiger partial charge in [-0.3, -0.25) is 9.58 Å². The highest BCUT2D eigenvalue weighted by atomic mass is 32.1. The van der Waals surface area contributed by atoms with Gasteiger partial charge < -0.3 is 10.2 Å². The summed E-state index contributed by atoms with van der Waals surface area (Å²) >= 11 is 5.37. The molecule has 1 aliphatic heterocycles. The lowest BCUT2D eigenvalue weighted by atomic mass is 10.1. The molecule has 0 radical (unpaired) electrons. The molecule has 1 N–H and O–H groups in total. The van der Waals surface area contributed by atoms with Gasteiger partial charge in [-0.25, -0.2) is 0 Å². The SMILES string of the molecule is Cc1nn(C)c(C)c1CN1CCN(C(=S)Nc2ccccc2C(F)(F)F)CC1. The Kier molecular flexibility index (Phi) is 5.95. The maximum atomic E-state index is 13.2. The first-order valence-corrected chi connectivity index (χ1v) is 9.51. The normalized spacial score (nSPS) is 15.7. The molecule has 5 nitrogen and oxygen atoms in total. The summed E-state index contributed by atoms with van der Waals surface area (Å²) in [7, 11) is 1.94. The lowest BCUT2D eigenvalue weighted by molar-refractivity contribution is -0.136. The van der Waals surface area contributed by atoms with Crippen molar-refractivity contribution in [3.05, 3.63) is 46.8 Å². The number of hydrogen-bond acceptors (Lipinski definition) is 3. The monoisotopic (exact) mass is 411 g/mol. The largest absolute Gasteiger partial charge is 0.418 e. The molecule has 0 unspecified atom stereocenters. The van der Waals surface area contributed by atoms with Crippen molar-refractivity contribution in [3.8, 4) is 0 Å². The van der Waals surface area contributed by atoms with E-state index in [2.05, 4.69) is 22.2 Å². The molecule has 152 valence electrons. The zero-order valence-corrected chi connectivity index (χ0v) is 17.0. The van der Waals surface area contributed by atoms with Crippen molar-refractivity contribution in [2.24, 2.45) is 7.05 Å². The second kappa shape index (κ2) is 8.08. The van der Waals surface area contributed by atoms with Crippen LogP contribution in [0.4, 0.5) is 18.9 Å². The molecule has 0 amide bonds. The molecule has 1 saturated heterocycles. The molecule has 0 aliphatic carbocycles. The number of piperazine rings is 1. The minimum Gasteiger partial charge on any atom is -0.346 e. The Hall–Kier alpha value is -2.13. The van der Waals surface area contributed by atoms with E-state index in [9.17, 15) is 13.2 Å². The van der Waals surface area contributed by atoms with Crippen LogP contribution in [0.5, 0.6) is 0 Å². The Balaban J connectivity index is 1.59. The summed E-state index contributed by atoms with van der Waals surface area (Å²) in [5.74, 6) is 0. The Bertz CT molecular complexity index is 854. The van der Waals surface area contributed by atoms with E-state index >= 15 is 0 Å². The van der Waals surface area contributed by atoms with Crippen LogP contribution in [0.3, 0.4) is 0 Å². The molecule has 0 atom stereocenters. The van der Waals surface area contributed by atoms with Crippen LogP contribution >= 0.6 is 12.2 Å². The van der Waals surface area contributed by atoms with Crippen LogP contribution in [0.1, 0.15) is 22.5 Å². The fraction of sp³-hybridized carbons (Fsp3) is 0.474. The first-order chi connectivity index (χ1) is 13.2. The van der Waals surface area contributed by atoms with Crippen molar-refractivity contribution in [2.75, 3.05) is 31.5 Å². The highest BCUT2D eigenvalue weighted by molar-refractivity contribution is 7.80. The van der Waals surface area contributed by atoms with Gasteiger partial charge in [0.1, 0.15) is 0 Å². The quantitative estimate of drug-likeness (QED) is 0.782. The van der Waals surface area contributed by atoms with E-state index in [1.54, 1.807) is 6.07 Å². The lowest BCUT2D eigenvalue weighted by Crippen LogP contribution is -2.49. The summed E-state index contributed by atoms with van der Waals surface area (Å²) in [6, 6.07) is 5.40. The molecule has 1 aliphatic rings. The number of alkyl halides is 3. The topological polar surface area (TPSA) is 36.3 Å². The fourth-order valence-electron chi connectivity index (χ4n) is 3.41. The number of benzene rings is 1. The molecule has 0 bridgehead atoms. The third-order valence-electron chi connectivity index (χ3n) is 5.17. The van der Waals surface area contributed by atoms with E-state index in [1.165, 1.54) is 17.7 Å². The zero-order valence-electron chi connectivity index (χ0n) is 16.2. The number of nitrogens with one attached hydrogen (secondary N) is 1. The van der Waals surface area contributed by atoms with E-state index < -0.39 is 11.7 Å². The third-order valence-corrected chi connectivity index (χ3v) is 5.53. The molecular formula is C19H24F3N5S. The number of nitrogens with zero attached hydrogens (tertiary/aromatic N) is 4. The van der Waals surface area contributed by atoms with Crippen molar-refractivity contribution >= 4 is 23.0 Å². The van der Waals surface area contributed by atoms with Gasteiger partial charge >= 0.3 is 6.18 Å². The second-order valence-electron chi connectivity index (χ2n) is 7.01. The Morgan fingerprint density at radius 1 is 1.14 bits per heavy atom. The second-order valence-corrected chi connectivity index (χ2v) is 7.40. The van der Waals surface area contributed by atoms with Gasteiger partial charge in [-0.2, -0.15) is 18.3 Å². The van der Waals surface area contributed by atoms with Crippen molar-refractivity contribution in [2.45, 2.75) is 26.6 Å². The summed E-state index contributed by atoms with van der Waals surface area (Å²) in [5.41, 5.74) is 2.70. The van der Waals surface area contributed by atoms with Gasteiger partial charge in [0.25, 0.3) is 0 Å². The molecule has 1 fully saturated rings. The Labute approximate surface area is 168 Å². The predicted octanol–water partition coefficient (Wildman–Crippen LogP) is 3.57. The van der Waals surface area contributed by atoms with E-state index in [-0.39, 0.29) is 5.69 Å². The van der Waals surface area contributed by atoms with Crippen molar-refractivity contribution in [3.63, 3.8) is 0 Å². The highest BCUT2D eigenvalue weighted by Gasteiger charge is 2.33. The van der Waals surface area contributed by atoms with Gasteiger partial charge in [-0.15, -0.1) is 0 Å². The number of para-hydroxylation sites is 1. The van der Waals surface area contributed by atoms with Crippen LogP contribution < -0.4 is 5.32 Å². The van der Waals surface area contributed by atoms with E-state index in [4.69, 9.17) is 12.2 Å². The van der Waals surface area contributed by atoms with Gasteiger partial charge in [0.15, 0.2) is 5.11 Å². The zero-order chi connectivity index (χ0) is 20.5. The Morgan fingerprint density at radius 3 is 2.36 bits per heavy atom. The molecule has 0 saturated carbocycles. The average molecular weight is 411 g/mol. The minimum atomic E-state index is -4.42. The maximum absolute atomic E-state index is 13.2. The fourth-order valence-corrected chi connectivity index (χ4v) is 3.71. The van der Waals surface area contributed by atoms with Crippen molar-refractivity contribution < 1.29 is 13.2 Å². The number of anilines is 1. The number of thiocarbonyl (C=S) groups is 1. The first-order valence-electron chi connectivity index (χ1n) is 9.10. The molecule has 2 heterocycles. The number of hydrogen-bond donors (Lipinski definition) is 1. The highest BCUT2D eigenvalue weighted by Crippen LogP contribution is 2.34. The van der Waals surface area contributed by atoms with Crippen LogP contribution in [-0.4, -0.2) is 50.9 Å². The average Bonchev–Trinajstić information content (AvgIpc) is 2.88. The third kappa shape index (κ3) is 4.47. The molecule has 0 spiro atoms. The van der Waals surface area contributed by atoms with Gasteiger partial charge in [0.05, 0.1) is 16.9 Å². The number of aromatic nitrogens is 2. The Morgan fingerprint density at radius 2 is 1.79 bits per heavy atom. The predicted molar refractivity (Wildman–Crippen MR) is 107 cm³/mol. The molecule has 3 rings (SSSR count). The molecule has 2 aromatic rings. The first kappa shape index (κ1) is 20.6. The maximum Gasteiger partial charge on any atom is 0.418 e. The van der Waals surface area contributed by atoms with Crippen molar-refractivity contribution in [1.82, 2.24) is 19.6 Å². The molecule has 1 aromatic heterocycles. The molecule has 9 heteroatoms. The van der Waals surface area contributed by atoms with Crippen molar-refractivity contribution in [1.29, 1.82) is 0 Å². The molecule has 28 heavy (non-hydrogen) atoms. The summed E-state index contributed by atoms with van der Waals surface area (Å²) in [5, 5.41) is 7.55. The van der Waals surface area contributed by atoms with E-state index in [0.717, 1.165) is 37.1 Å². The smallest absolute Gasteiger partial charge is 0.346 e. The number of rotatable bonds is 3. The number of aryl methyl sites for hydroxylation is 2. The minimum absolute atomic E-state index is 0.0101. The van der Waals surface area contributed by atoms with Gasteiger partial charge in [0.2, 0.25) is 0 Å². The summed E-state index contributed by atoms with van der Waals surface area (Å²) in [4.78, 5) is 4.24. The number of halogens is 3.